The molecule has 0 amide bonds. The number of hydrazone groups is 1. The molecule has 3 rings (SSSR count). The van der Waals surface area contributed by atoms with Crippen LogP contribution in [0.25, 0.3) is 11.3 Å². The Morgan fingerprint density at radius 3 is 2.35 bits per heavy atom. The van der Waals surface area contributed by atoms with Gasteiger partial charge in [0.25, 0.3) is 0 Å². The van der Waals surface area contributed by atoms with Crippen LogP contribution in [0.15, 0.2) is 52.0 Å². The zero-order valence-electron chi connectivity index (χ0n) is 12.9. The highest BCUT2D eigenvalue weighted by Gasteiger charge is 2.09. The van der Waals surface area contributed by atoms with Crippen LogP contribution in [0.1, 0.15) is 5.76 Å². The van der Waals surface area contributed by atoms with Gasteiger partial charge in [-0.25, -0.2) is 0 Å². The molecule has 26 heavy (non-hydrogen) atoms. The molecular formula is C17H10Cl4N3O2-. The smallest absolute Gasteiger partial charge is 0.147 e. The predicted molar refractivity (Wildman–Crippen MR) is 109 cm³/mol. The van der Waals surface area contributed by atoms with E-state index in [4.69, 9.17) is 50.8 Å². The Balaban J connectivity index is 1.78. The summed E-state index contributed by atoms with van der Waals surface area (Å²) in [4.78, 5) is 0. The van der Waals surface area contributed by atoms with Crippen LogP contribution in [0, 0.1) is 5.21 Å². The van der Waals surface area contributed by atoms with Crippen LogP contribution < -0.4 is 10.9 Å². The Morgan fingerprint density at radius 2 is 1.65 bits per heavy atom. The second kappa shape index (κ2) is 8.20. The van der Waals surface area contributed by atoms with Gasteiger partial charge in [-0.3, -0.25) is 5.43 Å². The van der Waals surface area contributed by atoms with Gasteiger partial charge in [-0.15, -0.1) is 0 Å². The normalized spacial score (nSPS) is 11.1. The molecule has 0 bridgehead atoms. The highest BCUT2D eigenvalue weighted by Crippen LogP contribution is 2.34. The number of benzene rings is 2. The summed E-state index contributed by atoms with van der Waals surface area (Å²) in [6, 6.07) is 11.3. The minimum atomic E-state index is 0.341. The van der Waals surface area contributed by atoms with E-state index < -0.39 is 0 Å². The second-order valence-corrected chi connectivity index (χ2v) is 6.77. The molecule has 0 aliphatic carbocycles. The van der Waals surface area contributed by atoms with E-state index in [1.54, 1.807) is 42.5 Å². The van der Waals surface area contributed by atoms with Gasteiger partial charge in [-0.1, -0.05) is 46.4 Å². The second-order valence-electron chi connectivity index (χ2n) is 5.11. The van der Waals surface area contributed by atoms with Gasteiger partial charge in [0.1, 0.15) is 11.5 Å². The van der Waals surface area contributed by atoms with E-state index in [-0.39, 0.29) is 0 Å². The average molecular weight is 430 g/mol. The van der Waals surface area contributed by atoms with E-state index in [1.165, 1.54) is 6.21 Å². The van der Waals surface area contributed by atoms with Crippen LogP contribution in [0.3, 0.4) is 0 Å². The number of anilines is 2. The van der Waals surface area contributed by atoms with Gasteiger partial charge in [-0.05, 0) is 42.5 Å². The number of halogens is 4. The van der Waals surface area contributed by atoms with Crippen LogP contribution in [0.4, 0.5) is 11.4 Å². The van der Waals surface area contributed by atoms with E-state index in [1.807, 2.05) is 5.48 Å². The number of hydrogen-bond acceptors (Lipinski definition) is 5. The molecule has 0 aliphatic heterocycles. The summed E-state index contributed by atoms with van der Waals surface area (Å²) in [6.07, 6.45) is 1.45. The standard InChI is InChI=1S/C17H10Cl4N3O2/c18-9-5-14(20)17(15(21)6-9)23-22-8-11-2-4-16(26-11)12-7-10(24-25)1-3-13(12)19/h1-8,23-24H/q-1/b22-8+. The van der Waals surface area contributed by atoms with Crippen LogP contribution >= 0.6 is 46.4 Å². The summed E-state index contributed by atoms with van der Waals surface area (Å²) in [6.45, 7) is 0. The van der Waals surface area contributed by atoms with Crippen molar-refractivity contribution in [3.8, 4) is 11.3 Å². The fourth-order valence-electron chi connectivity index (χ4n) is 2.15. The molecule has 2 N–H and O–H groups in total. The summed E-state index contributed by atoms with van der Waals surface area (Å²) >= 11 is 24.2. The molecule has 3 aromatic rings. The zero-order chi connectivity index (χ0) is 18.7. The Bertz CT molecular complexity index is 949. The third-order valence-electron chi connectivity index (χ3n) is 3.35. The van der Waals surface area contributed by atoms with E-state index in [9.17, 15) is 5.21 Å². The molecule has 0 saturated heterocycles. The lowest BCUT2D eigenvalue weighted by Crippen LogP contribution is -1.92. The van der Waals surface area contributed by atoms with E-state index in [2.05, 4.69) is 10.5 Å². The first-order valence-electron chi connectivity index (χ1n) is 7.19. The van der Waals surface area contributed by atoms with Crippen LogP contribution in [0.5, 0.6) is 0 Å². The largest absolute Gasteiger partial charge is 0.761 e. The molecule has 2 aromatic carbocycles. The van der Waals surface area contributed by atoms with Crippen molar-refractivity contribution in [1.29, 1.82) is 0 Å². The molecule has 0 radical (unpaired) electrons. The lowest BCUT2D eigenvalue weighted by atomic mass is 10.1. The molecule has 1 heterocycles. The highest BCUT2D eigenvalue weighted by atomic mass is 35.5. The van der Waals surface area contributed by atoms with Gasteiger partial charge in [0.15, 0.2) is 0 Å². The Kier molecular flexibility index (Phi) is 5.96. The molecular weight excluding hydrogens is 420 g/mol. The maximum absolute atomic E-state index is 10.8. The van der Waals surface area contributed by atoms with Crippen molar-refractivity contribution < 1.29 is 4.42 Å². The third-order valence-corrected chi connectivity index (χ3v) is 4.50. The average Bonchev–Trinajstić information content (AvgIpc) is 3.06. The van der Waals surface area contributed by atoms with Crippen molar-refractivity contribution in [2.24, 2.45) is 5.10 Å². The number of furan rings is 1. The topological polar surface area (TPSA) is 72.6 Å². The van der Waals surface area contributed by atoms with Crippen molar-refractivity contribution in [1.82, 2.24) is 0 Å². The molecule has 0 atom stereocenters. The number of nitrogens with zero attached hydrogens (tertiary/aromatic N) is 1. The molecule has 0 fully saturated rings. The Morgan fingerprint density at radius 1 is 0.923 bits per heavy atom. The molecule has 134 valence electrons. The summed E-state index contributed by atoms with van der Waals surface area (Å²) in [5.74, 6) is 0.960. The lowest BCUT2D eigenvalue weighted by Gasteiger charge is -2.10. The number of rotatable bonds is 5. The molecule has 0 saturated carbocycles. The van der Waals surface area contributed by atoms with Crippen molar-refractivity contribution in [3.05, 3.63) is 73.5 Å². The SMILES string of the molecule is [O-]Nc1ccc(Cl)c(-c2ccc(/C=N/Nc3c(Cl)cc(Cl)cc3Cl)o2)c1. The van der Waals surface area contributed by atoms with Gasteiger partial charge in [0, 0.05) is 16.3 Å². The summed E-state index contributed by atoms with van der Waals surface area (Å²) in [7, 11) is 0. The van der Waals surface area contributed by atoms with Gasteiger partial charge < -0.3 is 15.1 Å². The number of nitrogens with one attached hydrogen (secondary N) is 2. The molecule has 1 aromatic heterocycles. The predicted octanol–water partition coefficient (Wildman–Crippen LogP) is 6.92. The third kappa shape index (κ3) is 4.26. The maximum Gasteiger partial charge on any atom is 0.147 e. The molecule has 5 nitrogen and oxygen atoms in total. The summed E-state index contributed by atoms with van der Waals surface area (Å²) < 4.78 is 5.68. The summed E-state index contributed by atoms with van der Waals surface area (Å²) in [5.41, 5.74) is 5.96. The van der Waals surface area contributed by atoms with E-state index in [0.29, 0.717) is 48.5 Å². The first kappa shape index (κ1) is 18.9. The van der Waals surface area contributed by atoms with Gasteiger partial charge in [0.2, 0.25) is 0 Å². The van der Waals surface area contributed by atoms with Crippen molar-refractivity contribution in [3.63, 3.8) is 0 Å². The molecule has 9 heteroatoms. The first-order valence-corrected chi connectivity index (χ1v) is 8.70. The quantitative estimate of drug-likeness (QED) is 0.341. The van der Waals surface area contributed by atoms with Crippen molar-refractivity contribution in [2.75, 3.05) is 10.9 Å². The zero-order valence-corrected chi connectivity index (χ0v) is 15.9. The monoisotopic (exact) mass is 428 g/mol. The number of hydrogen-bond donors (Lipinski definition) is 2. The maximum atomic E-state index is 10.8. The summed E-state index contributed by atoms with van der Waals surface area (Å²) in [5, 5.41) is 16.4. The fraction of sp³-hybridized carbons (Fsp3) is 0. The Labute approximate surface area is 169 Å². The highest BCUT2D eigenvalue weighted by molar-refractivity contribution is 6.41. The molecule has 0 spiro atoms. The lowest BCUT2D eigenvalue weighted by molar-refractivity contribution is 0.575. The van der Waals surface area contributed by atoms with E-state index in [0.717, 1.165) is 0 Å². The van der Waals surface area contributed by atoms with E-state index >= 15 is 0 Å². The van der Waals surface area contributed by atoms with Crippen LogP contribution in [-0.2, 0) is 0 Å². The van der Waals surface area contributed by atoms with Crippen LogP contribution in [-0.4, -0.2) is 6.21 Å². The first-order chi connectivity index (χ1) is 12.5. The minimum Gasteiger partial charge on any atom is -0.761 e. The Hall–Kier alpha value is -1.89. The fourth-order valence-corrected chi connectivity index (χ4v) is 3.27. The van der Waals surface area contributed by atoms with Crippen molar-refractivity contribution >= 4 is 64.0 Å². The van der Waals surface area contributed by atoms with Gasteiger partial charge in [-0.2, -0.15) is 5.10 Å². The molecule has 0 aliphatic rings. The van der Waals surface area contributed by atoms with Crippen LogP contribution in [0.2, 0.25) is 20.1 Å². The van der Waals surface area contributed by atoms with Crippen molar-refractivity contribution in [2.45, 2.75) is 0 Å². The van der Waals surface area contributed by atoms with Gasteiger partial charge >= 0.3 is 0 Å². The molecule has 0 unspecified atom stereocenters. The van der Waals surface area contributed by atoms with Gasteiger partial charge in [0.05, 0.1) is 27.0 Å². The minimum absolute atomic E-state index is 0.341.